The van der Waals surface area contributed by atoms with Crippen LogP contribution in [0.1, 0.15) is 35.7 Å². The third-order valence-electron chi connectivity index (χ3n) is 4.09. The Morgan fingerprint density at radius 2 is 1.88 bits per heavy atom. The SMILES string of the molecule is COc1cc(O)c2c(c1)C=CC[C@@H](O)[C@@H](O)[C@H](O)C=CC[C@H](C)OC2=O. The fourth-order valence-corrected chi connectivity index (χ4v) is 2.61. The standard InChI is InChI=1S/C19H24O7/c1-11-5-3-7-14(20)18(23)15(21)8-4-6-12-9-13(25-2)10-16(22)17(12)19(24)26-11/h3-4,6-7,9-11,14-15,18,20-23H,5,8H2,1-2H3/t11-,14+,15+,18-/m0/s1. The fourth-order valence-electron chi connectivity index (χ4n) is 2.61. The molecule has 0 radical (unpaired) electrons. The van der Waals surface area contributed by atoms with E-state index in [0.717, 1.165) is 0 Å². The highest BCUT2D eigenvalue weighted by Gasteiger charge is 2.23. The van der Waals surface area contributed by atoms with Crippen LogP contribution in [0.25, 0.3) is 6.08 Å². The molecule has 4 atom stereocenters. The van der Waals surface area contributed by atoms with Gasteiger partial charge in [-0.25, -0.2) is 4.79 Å². The normalized spacial score (nSPS) is 27.3. The molecule has 1 aliphatic rings. The lowest BCUT2D eigenvalue weighted by Gasteiger charge is -2.20. The predicted molar refractivity (Wildman–Crippen MR) is 95.0 cm³/mol. The molecule has 0 bridgehead atoms. The molecule has 7 heteroatoms. The first-order chi connectivity index (χ1) is 12.3. The number of carbonyl (C=O) groups is 1. The van der Waals surface area contributed by atoms with E-state index in [1.807, 2.05) is 0 Å². The first kappa shape index (κ1) is 20.0. The second-order valence-corrected chi connectivity index (χ2v) is 6.18. The Labute approximate surface area is 151 Å². The topological polar surface area (TPSA) is 116 Å². The van der Waals surface area contributed by atoms with E-state index in [1.54, 1.807) is 19.1 Å². The number of hydrogen-bond acceptors (Lipinski definition) is 7. The van der Waals surface area contributed by atoms with Crippen molar-refractivity contribution in [2.45, 2.75) is 44.2 Å². The molecule has 7 nitrogen and oxygen atoms in total. The zero-order chi connectivity index (χ0) is 19.3. The molecule has 1 aliphatic heterocycles. The highest BCUT2D eigenvalue weighted by molar-refractivity contribution is 5.97. The Hall–Kier alpha value is -2.35. The maximum Gasteiger partial charge on any atom is 0.342 e. The van der Waals surface area contributed by atoms with Gasteiger partial charge in [-0.15, -0.1) is 0 Å². The van der Waals surface area contributed by atoms with Gasteiger partial charge in [-0.05, 0) is 25.0 Å². The van der Waals surface area contributed by atoms with E-state index in [2.05, 4.69) is 0 Å². The Morgan fingerprint density at radius 3 is 2.58 bits per heavy atom. The van der Waals surface area contributed by atoms with Crippen molar-refractivity contribution in [1.29, 1.82) is 0 Å². The lowest BCUT2D eigenvalue weighted by Crippen LogP contribution is -2.35. The average molecular weight is 364 g/mol. The summed E-state index contributed by atoms with van der Waals surface area (Å²) >= 11 is 0. The number of phenolic OH excluding ortho intramolecular Hbond substituents is 1. The number of cyclic esters (lactones) is 1. The number of phenols is 1. The maximum atomic E-state index is 12.5. The van der Waals surface area contributed by atoms with Crippen LogP contribution in [0, 0.1) is 0 Å². The van der Waals surface area contributed by atoms with E-state index in [4.69, 9.17) is 9.47 Å². The summed E-state index contributed by atoms with van der Waals surface area (Å²) in [4.78, 5) is 12.5. The molecule has 0 saturated heterocycles. The summed E-state index contributed by atoms with van der Waals surface area (Å²) in [5, 5.41) is 40.0. The molecule has 0 spiro atoms. The number of ether oxygens (including phenoxy) is 2. The summed E-state index contributed by atoms with van der Waals surface area (Å²) in [5.41, 5.74) is 0.346. The van der Waals surface area contributed by atoms with Crippen molar-refractivity contribution in [3.8, 4) is 11.5 Å². The third kappa shape index (κ3) is 4.85. The largest absolute Gasteiger partial charge is 0.507 e. The third-order valence-corrected chi connectivity index (χ3v) is 4.09. The van der Waals surface area contributed by atoms with Crippen LogP contribution < -0.4 is 4.74 Å². The van der Waals surface area contributed by atoms with Gasteiger partial charge in [0, 0.05) is 12.5 Å². The van der Waals surface area contributed by atoms with Crippen molar-refractivity contribution < 1.29 is 34.7 Å². The van der Waals surface area contributed by atoms with E-state index >= 15 is 0 Å². The van der Waals surface area contributed by atoms with Crippen LogP contribution in [0.3, 0.4) is 0 Å². The molecule has 4 N–H and O–H groups in total. The Morgan fingerprint density at radius 1 is 1.15 bits per heavy atom. The van der Waals surface area contributed by atoms with Crippen LogP contribution in [-0.2, 0) is 4.74 Å². The Balaban J connectivity index is 2.44. The molecule has 1 aromatic carbocycles. The number of fused-ring (bicyclic) bond motifs is 1. The maximum absolute atomic E-state index is 12.5. The van der Waals surface area contributed by atoms with E-state index in [0.29, 0.717) is 17.7 Å². The van der Waals surface area contributed by atoms with Gasteiger partial charge in [0.15, 0.2) is 0 Å². The second-order valence-electron chi connectivity index (χ2n) is 6.18. The van der Waals surface area contributed by atoms with Gasteiger partial charge < -0.3 is 29.9 Å². The lowest BCUT2D eigenvalue weighted by atomic mass is 10.0. The monoisotopic (exact) mass is 364 g/mol. The predicted octanol–water partition coefficient (Wildman–Crippen LogP) is 1.39. The molecule has 0 aliphatic carbocycles. The fraction of sp³-hybridized carbons (Fsp3) is 0.421. The summed E-state index contributed by atoms with van der Waals surface area (Å²) in [6, 6.07) is 2.87. The Kier molecular flexibility index (Phi) is 6.79. The molecule has 26 heavy (non-hydrogen) atoms. The number of carbonyl (C=O) groups excluding carboxylic acids is 1. The van der Waals surface area contributed by atoms with Gasteiger partial charge in [0.2, 0.25) is 0 Å². The van der Waals surface area contributed by atoms with Gasteiger partial charge in [-0.1, -0.05) is 24.3 Å². The molecule has 0 fully saturated rings. The van der Waals surface area contributed by atoms with Gasteiger partial charge in [0.25, 0.3) is 0 Å². The molecular formula is C19H24O7. The minimum atomic E-state index is -1.35. The zero-order valence-corrected chi connectivity index (χ0v) is 14.7. The minimum absolute atomic E-state index is 0.00925. The van der Waals surface area contributed by atoms with E-state index < -0.39 is 30.4 Å². The number of esters is 1. The number of methoxy groups -OCH3 is 1. The highest BCUT2D eigenvalue weighted by Crippen LogP contribution is 2.30. The molecule has 2 rings (SSSR count). The number of rotatable bonds is 1. The van der Waals surface area contributed by atoms with Crippen LogP contribution in [0.5, 0.6) is 11.5 Å². The van der Waals surface area contributed by atoms with Crippen LogP contribution >= 0.6 is 0 Å². The van der Waals surface area contributed by atoms with E-state index in [9.17, 15) is 25.2 Å². The highest BCUT2D eigenvalue weighted by atomic mass is 16.5. The van der Waals surface area contributed by atoms with Crippen LogP contribution in [0.2, 0.25) is 0 Å². The van der Waals surface area contributed by atoms with Crippen molar-refractivity contribution >= 4 is 12.0 Å². The number of benzene rings is 1. The summed E-state index contributed by atoms with van der Waals surface area (Å²) < 4.78 is 10.4. The number of aliphatic hydroxyl groups is 3. The van der Waals surface area contributed by atoms with Crippen molar-refractivity contribution in [2.75, 3.05) is 7.11 Å². The van der Waals surface area contributed by atoms with Gasteiger partial charge in [-0.3, -0.25) is 0 Å². The van der Waals surface area contributed by atoms with Crippen molar-refractivity contribution in [1.82, 2.24) is 0 Å². The average Bonchev–Trinajstić information content (AvgIpc) is 2.59. The molecule has 1 aromatic rings. The molecule has 0 aromatic heterocycles. The summed E-state index contributed by atoms with van der Waals surface area (Å²) in [6.07, 6.45) is 2.00. The smallest absolute Gasteiger partial charge is 0.342 e. The van der Waals surface area contributed by atoms with Crippen LogP contribution in [0.15, 0.2) is 30.4 Å². The number of aromatic hydroxyl groups is 1. The molecule has 0 unspecified atom stereocenters. The van der Waals surface area contributed by atoms with Gasteiger partial charge in [-0.2, -0.15) is 0 Å². The lowest BCUT2D eigenvalue weighted by molar-refractivity contribution is -0.0394. The van der Waals surface area contributed by atoms with E-state index in [1.165, 1.54) is 31.4 Å². The van der Waals surface area contributed by atoms with Gasteiger partial charge in [0.05, 0.1) is 13.2 Å². The quantitative estimate of drug-likeness (QED) is 0.439. The molecule has 142 valence electrons. The van der Waals surface area contributed by atoms with Crippen LogP contribution in [0.4, 0.5) is 0 Å². The minimum Gasteiger partial charge on any atom is -0.507 e. The van der Waals surface area contributed by atoms with Gasteiger partial charge >= 0.3 is 5.97 Å². The summed E-state index contributed by atoms with van der Waals surface area (Å²) in [7, 11) is 1.43. The summed E-state index contributed by atoms with van der Waals surface area (Å²) in [5.74, 6) is -0.615. The van der Waals surface area contributed by atoms with Crippen molar-refractivity contribution in [3.05, 3.63) is 41.5 Å². The van der Waals surface area contributed by atoms with E-state index in [-0.39, 0.29) is 17.7 Å². The first-order valence-electron chi connectivity index (χ1n) is 8.32. The molecular weight excluding hydrogens is 340 g/mol. The molecule has 0 saturated carbocycles. The van der Waals surface area contributed by atoms with Crippen molar-refractivity contribution in [3.63, 3.8) is 0 Å². The van der Waals surface area contributed by atoms with Gasteiger partial charge in [0.1, 0.15) is 35.4 Å². The molecule has 0 amide bonds. The van der Waals surface area contributed by atoms with Crippen molar-refractivity contribution in [2.24, 2.45) is 0 Å². The molecule has 1 heterocycles. The zero-order valence-electron chi connectivity index (χ0n) is 14.7. The summed E-state index contributed by atoms with van der Waals surface area (Å²) in [6.45, 7) is 1.67. The Bertz CT molecular complexity index is 695. The van der Waals surface area contributed by atoms with Crippen LogP contribution in [-0.4, -0.2) is 57.9 Å². The second kappa shape index (κ2) is 8.84. The first-order valence-corrected chi connectivity index (χ1v) is 8.32. The number of hydrogen-bond donors (Lipinski definition) is 4. The number of aliphatic hydroxyl groups excluding tert-OH is 3.